The van der Waals surface area contributed by atoms with Gasteiger partial charge in [-0.15, -0.1) is 0 Å². The van der Waals surface area contributed by atoms with Crippen molar-refractivity contribution in [1.29, 1.82) is 0 Å². The average molecular weight is 280 g/mol. The molecule has 0 amide bonds. The summed E-state index contributed by atoms with van der Waals surface area (Å²) in [5, 5.41) is 3.79. The van der Waals surface area contributed by atoms with Crippen LogP contribution in [0.3, 0.4) is 0 Å². The molecule has 0 aromatic carbocycles. The van der Waals surface area contributed by atoms with Gasteiger partial charge in [0.25, 0.3) is 0 Å². The maximum Gasteiger partial charge on any atom is 0.0641 e. The van der Waals surface area contributed by atoms with Gasteiger partial charge in [0.05, 0.1) is 5.60 Å². The largest absolute Gasteiger partial charge is 0.375 e. The molecule has 3 aliphatic rings. The Morgan fingerprint density at radius 2 is 1.80 bits per heavy atom. The van der Waals surface area contributed by atoms with Crippen LogP contribution in [0.15, 0.2) is 0 Å². The predicted octanol–water partition coefficient (Wildman–Crippen LogP) is 2.94. The minimum absolute atomic E-state index is 0.0702. The van der Waals surface area contributed by atoms with E-state index in [2.05, 4.69) is 31.0 Å². The number of rotatable bonds is 4. The highest BCUT2D eigenvalue weighted by atomic mass is 16.5. The number of nitrogens with one attached hydrogen (secondary N) is 1. The van der Waals surface area contributed by atoms with Crippen molar-refractivity contribution in [3.05, 3.63) is 0 Å². The highest BCUT2D eigenvalue weighted by Gasteiger charge is 2.40. The first-order valence-corrected chi connectivity index (χ1v) is 8.73. The molecule has 0 saturated carbocycles. The van der Waals surface area contributed by atoms with Gasteiger partial charge in [0, 0.05) is 30.8 Å². The van der Waals surface area contributed by atoms with E-state index in [0.29, 0.717) is 0 Å². The SMILES string of the molecule is CCCN(C1CC2CCC(C1)N2)C1CCOC(C)(C)C1. The van der Waals surface area contributed by atoms with E-state index in [9.17, 15) is 0 Å². The molecule has 20 heavy (non-hydrogen) atoms. The quantitative estimate of drug-likeness (QED) is 0.857. The molecule has 3 heterocycles. The summed E-state index contributed by atoms with van der Waals surface area (Å²) in [6.45, 7) is 9.05. The third-order valence-corrected chi connectivity index (χ3v) is 5.54. The summed E-state index contributed by atoms with van der Waals surface area (Å²) in [6, 6.07) is 3.14. The van der Waals surface area contributed by atoms with E-state index in [1.54, 1.807) is 0 Å². The molecule has 0 aromatic heterocycles. The minimum Gasteiger partial charge on any atom is -0.375 e. The van der Waals surface area contributed by atoms with Crippen molar-refractivity contribution in [2.24, 2.45) is 0 Å². The van der Waals surface area contributed by atoms with Crippen molar-refractivity contribution < 1.29 is 4.74 Å². The number of ether oxygens (including phenoxy) is 1. The van der Waals surface area contributed by atoms with Crippen LogP contribution in [-0.4, -0.2) is 47.8 Å². The van der Waals surface area contributed by atoms with Gasteiger partial charge in [-0.05, 0) is 65.3 Å². The average Bonchev–Trinajstić information content (AvgIpc) is 2.73. The standard InChI is InChI=1S/C17H32N2O/c1-4-8-19(15-7-9-20-17(2,3)12-15)16-10-13-5-6-14(11-16)18-13/h13-16,18H,4-12H2,1-3H3. The number of hydrogen-bond donors (Lipinski definition) is 1. The molecule has 3 rings (SSSR count). The van der Waals surface area contributed by atoms with Crippen LogP contribution in [0.5, 0.6) is 0 Å². The number of piperidine rings is 1. The topological polar surface area (TPSA) is 24.5 Å². The maximum atomic E-state index is 5.93. The Morgan fingerprint density at radius 3 is 2.40 bits per heavy atom. The summed E-state index contributed by atoms with van der Waals surface area (Å²) >= 11 is 0. The van der Waals surface area contributed by atoms with Crippen LogP contribution in [0, 0.1) is 0 Å². The second-order valence-corrected chi connectivity index (χ2v) is 7.76. The molecule has 0 aliphatic carbocycles. The normalized spacial score (nSPS) is 40.2. The van der Waals surface area contributed by atoms with Gasteiger partial charge in [-0.3, -0.25) is 4.90 Å². The Morgan fingerprint density at radius 1 is 1.10 bits per heavy atom. The van der Waals surface area contributed by atoms with Crippen LogP contribution in [0.25, 0.3) is 0 Å². The Labute approximate surface area is 124 Å². The highest BCUT2D eigenvalue weighted by Crippen LogP contribution is 2.34. The van der Waals surface area contributed by atoms with Crippen LogP contribution in [0.4, 0.5) is 0 Å². The molecule has 0 aromatic rings. The maximum absolute atomic E-state index is 5.93. The zero-order chi connectivity index (χ0) is 14.2. The monoisotopic (exact) mass is 280 g/mol. The zero-order valence-electron chi connectivity index (χ0n) is 13.5. The van der Waals surface area contributed by atoms with Gasteiger partial charge in [-0.25, -0.2) is 0 Å². The molecule has 3 fully saturated rings. The fourth-order valence-corrected chi connectivity index (χ4v) is 4.70. The Hall–Kier alpha value is -0.120. The predicted molar refractivity (Wildman–Crippen MR) is 83.0 cm³/mol. The van der Waals surface area contributed by atoms with Gasteiger partial charge < -0.3 is 10.1 Å². The molecule has 2 bridgehead atoms. The van der Waals surface area contributed by atoms with Gasteiger partial charge >= 0.3 is 0 Å². The number of nitrogens with zero attached hydrogens (tertiary/aromatic N) is 1. The van der Waals surface area contributed by atoms with Gasteiger partial charge in [-0.1, -0.05) is 6.92 Å². The molecule has 3 atom stereocenters. The Kier molecular flexibility index (Phi) is 4.40. The molecule has 116 valence electrons. The Balaban J connectivity index is 1.68. The molecule has 1 N–H and O–H groups in total. The number of fused-ring (bicyclic) bond motifs is 2. The zero-order valence-corrected chi connectivity index (χ0v) is 13.5. The van der Waals surface area contributed by atoms with Crippen molar-refractivity contribution in [3.63, 3.8) is 0 Å². The van der Waals surface area contributed by atoms with Crippen LogP contribution < -0.4 is 5.32 Å². The minimum atomic E-state index is 0.0702. The van der Waals surface area contributed by atoms with E-state index in [1.807, 2.05) is 0 Å². The highest BCUT2D eigenvalue weighted by molar-refractivity contribution is 4.98. The van der Waals surface area contributed by atoms with Gasteiger partial charge in [0.1, 0.15) is 0 Å². The Bertz CT molecular complexity index is 317. The smallest absolute Gasteiger partial charge is 0.0641 e. The second-order valence-electron chi connectivity index (χ2n) is 7.76. The third kappa shape index (κ3) is 3.20. The van der Waals surface area contributed by atoms with Gasteiger partial charge in [-0.2, -0.15) is 0 Å². The van der Waals surface area contributed by atoms with Crippen LogP contribution in [-0.2, 0) is 4.74 Å². The lowest BCUT2D eigenvalue weighted by Crippen LogP contribution is -2.54. The molecule has 0 spiro atoms. The van der Waals surface area contributed by atoms with Crippen molar-refractivity contribution in [1.82, 2.24) is 10.2 Å². The fourth-order valence-electron chi connectivity index (χ4n) is 4.70. The lowest BCUT2D eigenvalue weighted by Gasteiger charge is -2.46. The summed E-state index contributed by atoms with van der Waals surface area (Å²) in [5.41, 5.74) is 0.0702. The second kappa shape index (κ2) is 5.94. The van der Waals surface area contributed by atoms with E-state index in [1.165, 1.54) is 51.5 Å². The van der Waals surface area contributed by atoms with Crippen molar-refractivity contribution in [3.8, 4) is 0 Å². The van der Waals surface area contributed by atoms with Crippen LogP contribution >= 0.6 is 0 Å². The summed E-state index contributed by atoms with van der Waals surface area (Å²) in [6.07, 6.45) is 9.25. The molecule has 3 nitrogen and oxygen atoms in total. The van der Waals surface area contributed by atoms with E-state index in [-0.39, 0.29) is 5.60 Å². The van der Waals surface area contributed by atoms with E-state index in [0.717, 1.165) is 30.8 Å². The van der Waals surface area contributed by atoms with Crippen molar-refractivity contribution in [2.45, 2.75) is 95.5 Å². The number of hydrogen-bond acceptors (Lipinski definition) is 3. The van der Waals surface area contributed by atoms with Crippen molar-refractivity contribution in [2.75, 3.05) is 13.2 Å². The summed E-state index contributed by atoms with van der Waals surface area (Å²) in [4.78, 5) is 2.86. The lowest BCUT2D eigenvalue weighted by molar-refractivity contribution is -0.0918. The first-order valence-electron chi connectivity index (χ1n) is 8.73. The summed E-state index contributed by atoms with van der Waals surface area (Å²) in [5.74, 6) is 0. The molecule has 3 saturated heterocycles. The van der Waals surface area contributed by atoms with E-state index in [4.69, 9.17) is 4.74 Å². The van der Waals surface area contributed by atoms with E-state index < -0.39 is 0 Å². The fraction of sp³-hybridized carbons (Fsp3) is 1.00. The first kappa shape index (κ1) is 14.8. The molecular weight excluding hydrogens is 248 g/mol. The van der Waals surface area contributed by atoms with E-state index >= 15 is 0 Å². The molecule has 3 heteroatoms. The van der Waals surface area contributed by atoms with Crippen molar-refractivity contribution >= 4 is 0 Å². The van der Waals surface area contributed by atoms with Crippen LogP contribution in [0.2, 0.25) is 0 Å². The third-order valence-electron chi connectivity index (χ3n) is 5.54. The van der Waals surface area contributed by atoms with Crippen LogP contribution in [0.1, 0.15) is 65.7 Å². The molecule has 3 aliphatic heterocycles. The summed E-state index contributed by atoms with van der Waals surface area (Å²) < 4.78 is 5.93. The van der Waals surface area contributed by atoms with Gasteiger partial charge in [0.15, 0.2) is 0 Å². The molecule has 0 radical (unpaired) electrons. The lowest BCUT2D eigenvalue weighted by atomic mass is 9.89. The first-order chi connectivity index (χ1) is 9.57. The summed E-state index contributed by atoms with van der Waals surface area (Å²) in [7, 11) is 0. The molecule has 3 unspecified atom stereocenters. The van der Waals surface area contributed by atoms with Gasteiger partial charge in [0.2, 0.25) is 0 Å². The molecular formula is C17H32N2O.